The van der Waals surface area contributed by atoms with Crippen LogP contribution < -0.4 is 0 Å². The number of hydrogen-bond donors (Lipinski definition) is 1. The molecule has 1 fully saturated rings. The molecule has 5 nitrogen and oxygen atoms in total. The van der Waals surface area contributed by atoms with E-state index in [1.54, 1.807) is 13.8 Å². The first-order valence-electron chi connectivity index (χ1n) is 11.2. The predicted octanol–water partition coefficient (Wildman–Crippen LogP) is 4.09. The third kappa shape index (κ3) is 4.26. The summed E-state index contributed by atoms with van der Waals surface area (Å²) in [6.45, 7) is 5.23. The van der Waals surface area contributed by atoms with E-state index in [9.17, 15) is 18.3 Å². The summed E-state index contributed by atoms with van der Waals surface area (Å²) in [7, 11) is -3.94. The molecule has 1 aromatic heterocycles. The highest BCUT2D eigenvalue weighted by atomic mass is 32.2. The van der Waals surface area contributed by atoms with Crippen molar-refractivity contribution in [1.29, 1.82) is 0 Å². The topological polar surface area (TPSA) is 84.6 Å². The lowest BCUT2D eigenvalue weighted by Crippen LogP contribution is -2.20. The molecule has 0 saturated heterocycles. The molecule has 0 bridgehead atoms. The van der Waals surface area contributed by atoms with Crippen molar-refractivity contribution in [3.8, 4) is 0 Å². The summed E-state index contributed by atoms with van der Waals surface area (Å²) in [6, 6.07) is 3.75. The lowest BCUT2D eigenvalue weighted by Gasteiger charge is -2.19. The zero-order chi connectivity index (χ0) is 22.6. The molecule has 2 aliphatic rings. The van der Waals surface area contributed by atoms with Gasteiger partial charge in [0.1, 0.15) is 5.75 Å². The Bertz CT molecular complexity index is 1120. The zero-order valence-electron chi connectivity index (χ0n) is 18.8. The Labute approximate surface area is 179 Å². The Morgan fingerprint density at radius 2 is 2.10 bits per heavy atom. The number of ketones is 1. The molecule has 0 unspecified atom stereocenters. The largest absolute Gasteiger partial charge is 0.453 e. The van der Waals surface area contributed by atoms with E-state index < -0.39 is 21.2 Å². The summed E-state index contributed by atoms with van der Waals surface area (Å²) in [6.07, 6.45) is 6.26. The fourth-order valence-electron chi connectivity index (χ4n) is 4.46. The van der Waals surface area contributed by atoms with Crippen molar-refractivity contribution < 1.29 is 24.1 Å². The van der Waals surface area contributed by atoms with Crippen LogP contribution in [0.5, 0.6) is 0 Å². The third-order valence-corrected chi connectivity index (χ3v) is 7.99. The maximum atomic E-state index is 12.9. The van der Waals surface area contributed by atoms with E-state index in [0.29, 0.717) is 17.5 Å². The predicted molar refractivity (Wildman–Crippen MR) is 114 cm³/mol. The number of hydrogen-bond acceptors (Lipinski definition) is 5. The Morgan fingerprint density at radius 3 is 2.73 bits per heavy atom. The summed E-state index contributed by atoms with van der Waals surface area (Å²) in [5.74, 6) is -0.161. The van der Waals surface area contributed by atoms with Crippen LogP contribution in [0.2, 0.25) is 0 Å². The molecule has 0 amide bonds. The number of sulfone groups is 1. The average molecular weight is 432 g/mol. The zero-order valence-corrected chi connectivity index (χ0v) is 18.6. The summed E-state index contributed by atoms with van der Waals surface area (Å²) in [5, 5.41) is 9.76. The highest BCUT2D eigenvalue weighted by Gasteiger charge is 2.33. The molecule has 1 atom stereocenters. The highest BCUT2D eigenvalue weighted by molar-refractivity contribution is 7.92. The average Bonchev–Trinajstić information content (AvgIpc) is 3.17. The van der Waals surface area contributed by atoms with Crippen molar-refractivity contribution >= 4 is 15.6 Å². The van der Waals surface area contributed by atoms with E-state index in [2.05, 4.69) is 6.92 Å². The molecule has 6 heteroatoms. The first-order valence-corrected chi connectivity index (χ1v) is 12.3. The van der Waals surface area contributed by atoms with E-state index in [1.807, 2.05) is 6.07 Å². The molecule has 0 aliphatic heterocycles. The molecule has 4 rings (SSSR count). The van der Waals surface area contributed by atoms with Gasteiger partial charge in [-0.2, -0.15) is 0 Å². The van der Waals surface area contributed by atoms with E-state index in [0.717, 1.165) is 54.4 Å². The minimum atomic E-state index is -3.94. The SMILES string of the molecule is [2H]c1cc([C@@H](C)C2CC2)c(CC(=O)CS(=O)(=O)c2cc(C(C)(C)O)co2)c2c1CCC2. The van der Waals surface area contributed by atoms with Gasteiger partial charge in [0.15, 0.2) is 5.78 Å². The van der Waals surface area contributed by atoms with Crippen molar-refractivity contribution in [2.75, 3.05) is 5.75 Å². The third-order valence-electron chi connectivity index (χ3n) is 6.47. The molecule has 1 saturated carbocycles. The smallest absolute Gasteiger partial charge is 0.218 e. The van der Waals surface area contributed by atoms with Crippen LogP contribution in [-0.2, 0) is 39.5 Å². The number of aliphatic hydroxyl groups is 1. The second kappa shape index (κ2) is 7.65. The lowest BCUT2D eigenvalue weighted by molar-refractivity contribution is -0.116. The highest BCUT2D eigenvalue weighted by Crippen LogP contribution is 2.44. The van der Waals surface area contributed by atoms with Crippen LogP contribution in [0, 0.1) is 5.92 Å². The quantitative estimate of drug-likeness (QED) is 0.680. The van der Waals surface area contributed by atoms with Gasteiger partial charge in [0.25, 0.3) is 0 Å². The first-order chi connectivity index (χ1) is 14.5. The maximum absolute atomic E-state index is 12.9. The van der Waals surface area contributed by atoms with Gasteiger partial charge in [-0.3, -0.25) is 4.79 Å². The first kappa shape index (κ1) is 20.0. The van der Waals surface area contributed by atoms with Gasteiger partial charge < -0.3 is 9.52 Å². The van der Waals surface area contributed by atoms with Gasteiger partial charge in [-0.15, -0.1) is 0 Å². The summed E-state index contributed by atoms with van der Waals surface area (Å²) in [4.78, 5) is 12.9. The normalized spacial score (nSPS) is 18.2. The van der Waals surface area contributed by atoms with Crippen LogP contribution in [0.3, 0.4) is 0 Å². The van der Waals surface area contributed by atoms with Gasteiger partial charge in [-0.25, -0.2) is 8.42 Å². The maximum Gasteiger partial charge on any atom is 0.218 e. The van der Waals surface area contributed by atoms with E-state index in [4.69, 9.17) is 5.79 Å². The number of carbonyl (C=O) groups is 1. The Morgan fingerprint density at radius 1 is 1.37 bits per heavy atom. The van der Waals surface area contributed by atoms with E-state index in [-0.39, 0.29) is 23.2 Å². The summed E-state index contributed by atoms with van der Waals surface area (Å²) < 4.78 is 39.1. The Kier molecular flexibility index (Phi) is 5.10. The standard InChI is InChI=1S/C24H30O5S/c1-15(16-7-8-16)20-10-9-17-5-4-6-21(17)22(20)12-19(25)14-30(27,28)23-11-18(13-29-23)24(2,3)26/h9-11,13,15-16,26H,4-8,12,14H2,1-3H3/t15-/m0/s1/i9D. The molecule has 2 aliphatic carbocycles. The van der Waals surface area contributed by atoms with Crippen molar-refractivity contribution in [2.24, 2.45) is 5.92 Å². The number of fused-ring (bicyclic) bond motifs is 1. The number of rotatable bonds is 8. The Hall–Kier alpha value is -1.92. The Balaban J connectivity index is 1.60. The second-order valence-electron chi connectivity index (χ2n) is 9.35. The molecular formula is C24H30O5S. The molecule has 30 heavy (non-hydrogen) atoms. The van der Waals surface area contributed by atoms with E-state index >= 15 is 0 Å². The van der Waals surface area contributed by atoms with Crippen molar-refractivity contribution in [3.63, 3.8) is 0 Å². The number of furan rings is 1. The molecule has 162 valence electrons. The van der Waals surface area contributed by atoms with Gasteiger partial charge in [-0.05, 0) is 80.0 Å². The van der Waals surface area contributed by atoms with Crippen LogP contribution in [0.4, 0.5) is 0 Å². The van der Waals surface area contributed by atoms with Gasteiger partial charge in [0.05, 0.1) is 13.2 Å². The van der Waals surface area contributed by atoms with Gasteiger partial charge in [0.2, 0.25) is 14.9 Å². The molecule has 0 radical (unpaired) electrons. The monoisotopic (exact) mass is 431 g/mol. The number of benzene rings is 1. The second-order valence-corrected chi connectivity index (χ2v) is 11.3. The summed E-state index contributed by atoms with van der Waals surface area (Å²) >= 11 is 0. The fourth-order valence-corrected chi connectivity index (χ4v) is 5.63. The van der Waals surface area contributed by atoms with Gasteiger partial charge in [0, 0.05) is 18.1 Å². The molecule has 2 aromatic rings. The number of Topliss-reactive ketones (excluding diaryl/α,β-unsaturated/α-hetero) is 1. The van der Waals surface area contributed by atoms with Crippen LogP contribution in [0.15, 0.2) is 33.9 Å². The molecule has 1 aromatic carbocycles. The van der Waals surface area contributed by atoms with Gasteiger partial charge in [-0.1, -0.05) is 19.0 Å². The minimum absolute atomic E-state index is 0.0628. The fraction of sp³-hybridized carbons (Fsp3) is 0.542. The number of carbonyl (C=O) groups excluding carboxylic acids is 1. The minimum Gasteiger partial charge on any atom is -0.453 e. The van der Waals surface area contributed by atoms with Crippen molar-refractivity contribution in [1.82, 2.24) is 0 Å². The van der Waals surface area contributed by atoms with Gasteiger partial charge >= 0.3 is 0 Å². The molecule has 1 N–H and O–H groups in total. The molecule has 0 spiro atoms. The molecular weight excluding hydrogens is 400 g/mol. The summed E-state index contributed by atoms with van der Waals surface area (Å²) in [5.41, 5.74) is 3.21. The van der Waals surface area contributed by atoms with Crippen LogP contribution in [-0.4, -0.2) is 25.1 Å². The van der Waals surface area contributed by atoms with Crippen LogP contribution in [0.1, 0.15) is 75.1 Å². The van der Waals surface area contributed by atoms with E-state index in [1.165, 1.54) is 12.3 Å². The van der Waals surface area contributed by atoms with Crippen LogP contribution in [0.25, 0.3) is 0 Å². The van der Waals surface area contributed by atoms with Crippen LogP contribution >= 0.6 is 0 Å². The molecule has 1 heterocycles. The van der Waals surface area contributed by atoms with Crippen molar-refractivity contribution in [2.45, 2.75) is 75.9 Å². The van der Waals surface area contributed by atoms with Crippen molar-refractivity contribution in [3.05, 3.63) is 52.3 Å². The lowest BCUT2D eigenvalue weighted by atomic mass is 9.86.